The number of anilines is 2. The molecule has 35 heavy (non-hydrogen) atoms. The summed E-state index contributed by atoms with van der Waals surface area (Å²) in [5.74, 6) is 1.84. The number of nitrogens with zero attached hydrogens (tertiary/aromatic N) is 4. The van der Waals surface area contributed by atoms with E-state index >= 15 is 0 Å². The Labute approximate surface area is 206 Å². The summed E-state index contributed by atoms with van der Waals surface area (Å²) in [6, 6.07) is 19.9. The van der Waals surface area contributed by atoms with Gasteiger partial charge in [-0.2, -0.15) is 0 Å². The van der Waals surface area contributed by atoms with E-state index in [4.69, 9.17) is 14.2 Å². The van der Waals surface area contributed by atoms with Gasteiger partial charge < -0.3 is 19.5 Å². The molecule has 0 amide bonds. The van der Waals surface area contributed by atoms with E-state index in [1.165, 1.54) is 0 Å². The number of ether oxygens (including phenoxy) is 3. The molecular weight excluding hydrogens is 462 g/mol. The first-order chi connectivity index (χ1) is 17.2. The quantitative estimate of drug-likeness (QED) is 0.272. The lowest BCUT2D eigenvalue weighted by Gasteiger charge is -2.12. The van der Waals surface area contributed by atoms with Crippen LogP contribution in [0.25, 0.3) is 21.8 Å². The van der Waals surface area contributed by atoms with Crippen molar-refractivity contribution in [2.75, 3.05) is 32.8 Å². The highest BCUT2D eigenvalue weighted by Gasteiger charge is 2.11. The highest BCUT2D eigenvalue weighted by Crippen LogP contribution is 2.34. The highest BCUT2D eigenvalue weighted by atomic mass is 32.2. The molecule has 1 N–H and O–H groups in total. The van der Waals surface area contributed by atoms with E-state index in [-0.39, 0.29) is 0 Å². The second kappa shape index (κ2) is 10.5. The van der Waals surface area contributed by atoms with Gasteiger partial charge in [-0.05, 0) is 36.4 Å². The molecule has 0 atom stereocenters. The fourth-order valence-corrected chi connectivity index (χ4v) is 4.46. The standard InChI is InChI=1S/C26H23N5O3S/c1-32-13-14-34-26-21-6-4-3-5-20(21)25(30-31-26)29-17-7-9-19(10-8-17)35-23-11-12-27-22-15-18(33-2)16-28-24(22)23/h3-12,15-16H,13-14H2,1-2H3,(H,29,30). The molecule has 5 aromatic rings. The maximum absolute atomic E-state index is 5.73. The molecule has 3 heterocycles. The summed E-state index contributed by atoms with van der Waals surface area (Å²) < 4.78 is 16.1. The molecule has 0 radical (unpaired) electrons. The van der Waals surface area contributed by atoms with Crippen molar-refractivity contribution in [3.8, 4) is 11.6 Å². The van der Waals surface area contributed by atoms with E-state index in [2.05, 4.69) is 37.6 Å². The van der Waals surface area contributed by atoms with E-state index in [1.54, 1.807) is 38.4 Å². The van der Waals surface area contributed by atoms with Crippen molar-refractivity contribution in [2.24, 2.45) is 0 Å². The van der Waals surface area contributed by atoms with Crippen molar-refractivity contribution < 1.29 is 14.2 Å². The van der Waals surface area contributed by atoms with Gasteiger partial charge in [0.2, 0.25) is 5.88 Å². The molecule has 9 heteroatoms. The fraction of sp³-hybridized carbons (Fsp3) is 0.154. The van der Waals surface area contributed by atoms with Crippen LogP contribution in [0.4, 0.5) is 11.5 Å². The smallest absolute Gasteiger partial charge is 0.241 e. The molecule has 0 aliphatic rings. The molecule has 0 fully saturated rings. The second-order valence-corrected chi connectivity index (χ2v) is 8.66. The van der Waals surface area contributed by atoms with Crippen LogP contribution in [0.3, 0.4) is 0 Å². The van der Waals surface area contributed by atoms with Crippen LogP contribution in [0.2, 0.25) is 0 Å². The predicted octanol–water partition coefficient (Wildman–Crippen LogP) is 5.50. The summed E-state index contributed by atoms with van der Waals surface area (Å²) in [6.45, 7) is 0.900. The summed E-state index contributed by atoms with van der Waals surface area (Å²) in [7, 11) is 3.26. The lowest BCUT2D eigenvalue weighted by atomic mass is 10.2. The van der Waals surface area contributed by atoms with Crippen molar-refractivity contribution >= 4 is 45.1 Å². The van der Waals surface area contributed by atoms with Gasteiger partial charge in [0.15, 0.2) is 5.82 Å². The van der Waals surface area contributed by atoms with Crippen molar-refractivity contribution in [3.63, 3.8) is 0 Å². The van der Waals surface area contributed by atoms with Crippen LogP contribution in [0.5, 0.6) is 11.6 Å². The molecule has 8 nitrogen and oxygen atoms in total. The van der Waals surface area contributed by atoms with Gasteiger partial charge in [0.25, 0.3) is 0 Å². The van der Waals surface area contributed by atoms with E-state index in [9.17, 15) is 0 Å². The lowest BCUT2D eigenvalue weighted by molar-refractivity contribution is 0.144. The molecular formula is C26H23N5O3S. The van der Waals surface area contributed by atoms with Gasteiger partial charge in [0.1, 0.15) is 17.9 Å². The SMILES string of the molecule is COCCOc1nnc(Nc2ccc(Sc3ccnc4cc(OC)cnc34)cc2)c2ccccc12. The third kappa shape index (κ3) is 5.11. The first kappa shape index (κ1) is 22.8. The van der Waals surface area contributed by atoms with E-state index in [0.29, 0.717) is 30.7 Å². The molecule has 0 bridgehead atoms. The zero-order chi connectivity index (χ0) is 24.0. The van der Waals surface area contributed by atoms with Crippen LogP contribution in [0.1, 0.15) is 0 Å². The molecule has 0 saturated heterocycles. The molecule has 176 valence electrons. The van der Waals surface area contributed by atoms with Gasteiger partial charge in [-0.15, -0.1) is 10.2 Å². The number of aromatic nitrogens is 4. The monoisotopic (exact) mass is 485 g/mol. The van der Waals surface area contributed by atoms with Crippen LogP contribution in [-0.4, -0.2) is 47.6 Å². The molecule has 5 rings (SSSR count). The number of benzene rings is 2. The largest absolute Gasteiger partial charge is 0.495 e. The Morgan fingerprint density at radius 3 is 2.51 bits per heavy atom. The van der Waals surface area contributed by atoms with E-state index in [1.807, 2.05) is 48.5 Å². The Bertz CT molecular complexity index is 1460. The fourth-order valence-electron chi connectivity index (χ4n) is 3.55. The molecule has 0 unspecified atom stereocenters. The third-order valence-corrected chi connectivity index (χ3v) is 6.33. The Morgan fingerprint density at radius 2 is 1.71 bits per heavy atom. The topological polar surface area (TPSA) is 91.3 Å². The Kier molecular flexibility index (Phi) is 6.87. The number of hydrogen-bond acceptors (Lipinski definition) is 9. The summed E-state index contributed by atoms with van der Waals surface area (Å²) >= 11 is 1.63. The van der Waals surface area contributed by atoms with Gasteiger partial charge in [0, 0.05) is 45.6 Å². The van der Waals surface area contributed by atoms with Gasteiger partial charge in [-0.3, -0.25) is 4.98 Å². The maximum Gasteiger partial charge on any atom is 0.241 e. The predicted molar refractivity (Wildman–Crippen MR) is 137 cm³/mol. The lowest BCUT2D eigenvalue weighted by Crippen LogP contribution is -2.07. The Morgan fingerprint density at radius 1 is 0.886 bits per heavy atom. The first-order valence-electron chi connectivity index (χ1n) is 11.0. The number of nitrogens with one attached hydrogen (secondary N) is 1. The van der Waals surface area contributed by atoms with Crippen molar-refractivity contribution in [1.29, 1.82) is 0 Å². The Balaban J connectivity index is 1.35. The van der Waals surface area contributed by atoms with Crippen LogP contribution in [0, 0.1) is 0 Å². The zero-order valence-electron chi connectivity index (χ0n) is 19.3. The Hall–Kier alpha value is -3.95. The average molecular weight is 486 g/mol. The summed E-state index contributed by atoms with van der Waals surface area (Å²) in [5, 5.41) is 13.8. The highest BCUT2D eigenvalue weighted by molar-refractivity contribution is 7.99. The van der Waals surface area contributed by atoms with Gasteiger partial charge in [0.05, 0.1) is 25.4 Å². The van der Waals surface area contributed by atoms with Crippen molar-refractivity contribution in [2.45, 2.75) is 9.79 Å². The number of methoxy groups -OCH3 is 2. The van der Waals surface area contributed by atoms with Crippen LogP contribution >= 0.6 is 11.8 Å². The first-order valence-corrected chi connectivity index (χ1v) is 11.8. The molecule has 2 aromatic carbocycles. The van der Waals surface area contributed by atoms with Crippen LogP contribution in [0.15, 0.2) is 82.8 Å². The third-order valence-electron chi connectivity index (χ3n) is 5.28. The minimum absolute atomic E-state index is 0.414. The van der Waals surface area contributed by atoms with Gasteiger partial charge >= 0.3 is 0 Å². The number of rotatable bonds is 9. The molecule has 0 spiro atoms. The number of fused-ring (bicyclic) bond motifs is 2. The van der Waals surface area contributed by atoms with Gasteiger partial charge in [-0.1, -0.05) is 30.0 Å². The van der Waals surface area contributed by atoms with E-state index < -0.39 is 0 Å². The van der Waals surface area contributed by atoms with Crippen LogP contribution < -0.4 is 14.8 Å². The average Bonchev–Trinajstić information content (AvgIpc) is 2.91. The number of hydrogen-bond donors (Lipinski definition) is 1. The molecule has 0 aliphatic heterocycles. The second-order valence-electron chi connectivity index (χ2n) is 7.54. The summed E-state index contributed by atoms with van der Waals surface area (Å²) in [6.07, 6.45) is 3.49. The van der Waals surface area contributed by atoms with Gasteiger partial charge in [-0.25, -0.2) is 4.98 Å². The van der Waals surface area contributed by atoms with E-state index in [0.717, 1.165) is 37.3 Å². The van der Waals surface area contributed by atoms with Crippen molar-refractivity contribution in [3.05, 3.63) is 73.1 Å². The number of pyridine rings is 2. The van der Waals surface area contributed by atoms with Crippen molar-refractivity contribution in [1.82, 2.24) is 20.2 Å². The minimum atomic E-state index is 0.414. The van der Waals surface area contributed by atoms with Crippen LogP contribution in [-0.2, 0) is 4.74 Å². The molecule has 3 aromatic heterocycles. The molecule has 0 aliphatic carbocycles. The maximum atomic E-state index is 5.73. The zero-order valence-corrected chi connectivity index (χ0v) is 20.1. The summed E-state index contributed by atoms with van der Waals surface area (Å²) in [4.78, 5) is 11.0. The molecule has 0 saturated carbocycles. The minimum Gasteiger partial charge on any atom is -0.495 e. The normalized spacial score (nSPS) is 11.0. The summed E-state index contributed by atoms with van der Waals surface area (Å²) in [5.41, 5.74) is 2.55.